The summed E-state index contributed by atoms with van der Waals surface area (Å²) in [6, 6.07) is 0. The lowest BCUT2D eigenvalue weighted by Gasteiger charge is -2.19. The fraction of sp³-hybridized carbons (Fsp3) is 0.600. The minimum absolute atomic E-state index is 0.0647. The summed E-state index contributed by atoms with van der Waals surface area (Å²) in [4.78, 5) is 15.2. The Labute approximate surface area is 121 Å². The summed E-state index contributed by atoms with van der Waals surface area (Å²) in [5.41, 5.74) is 0.334. The fourth-order valence-electron chi connectivity index (χ4n) is 1.45. The maximum atomic E-state index is 12.4. The maximum Gasteiger partial charge on any atom is 0.321 e. The molecule has 0 aromatic carbocycles. The van der Waals surface area contributed by atoms with Crippen LogP contribution < -0.4 is 0 Å². The number of aromatic nitrogens is 1. The minimum Gasteiger partial charge on any atom is -0.468 e. The van der Waals surface area contributed by atoms with Gasteiger partial charge in [0, 0.05) is 6.54 Å². The third kappa shape index (κ3) is 3.88. The predicted octanol–water partition coefficient (Wildman–Crippen LogP) is 1.68. The molecule has 0 unspecified atom stereocenters. The van der Waals surface area contributed by atoms with Crippen molar-refractivity contribution in [2.75, 3.05) is 20.2 Å². The van der Waals surface area contributed by atoms with Gasteiger partial charge in [-0.25, -0.2) is 13.4 Å². The van der Waals surface area contributed by atoms with E-state index in [0.717, 1.165) is 15.6 Å². The third-order valence-corrected chi connectivity index (χ3v) is 6.00. The molecule has 1 heterocycles. The monoisotopic (exact) mass is 326 g/mol. The number of hydrogen-bond acceptors (Lipinski definition) is 6. The molecule has 0 radical (unpaired) electrons. The molecule has 0 amide bonds. The van der Waals surface area contributed by atoms with Gasteiger partial charge in [0.05, 0.1) is 12.8 Å². The zero-order chi connectivity index (χ0) is 14.6. The minimum atomic E-state index is -3.77. The first kappa shape index (κ1) is 16.4. The lowest BCUT2D eigenvalue weighted by atomic mass is 10.5. The van der Waals surface area contributed by atoms with E-state index >= 15 is 0 Å². The van der Waals surface area contributed by atoms with Crippen molar-refractivity contribution < 1.29 is 17.9 Å². The second-order valence-corrected chi connectivity index (χ2v) is 7.47. The Balaban J connectivity index is 3.12. The molecule has 9 heteroatoms. The second kappa shape index (κ2) is 6.65. The molecule has 0 aliphatic carbocycles. The Morgan fingerprint density at radius 2 is 2.16 bits per heavy atom. The highest BCUT2D eigenvalue weighted by atomic mass is 35.5. The Hall–Kier alpha value is -0.700. The molecule has 6 nitrogen and oxygen atoms in total. The van der Waals surface area contributed by atoms with Crippen LogP contribution in [0.3, 0.4) is 0 Å². The van der Waals surface area contributed by atoms with E-state index in [1.54, 1.807) is 6.92 Å². The van der Waals surface area contributed by atoms with E-state index in [0.29, 0.717) is 12.1 Å². The summed E-state index contributed by atoms with van der Waals surface area (Å²) in [5, 5.41) is 0. The molecule has 1 aromatic heterocycles. The van der Waals surface area contributed by atoms with E-state index < -0.39 is 16.0 Å². The number of sulfonamides is 1. The molecule has 0 saturated carbocycles. The highest BCUT2D eigenvalue weighted by Crippen LogP contribution is 2.29. The van der Waals surface area contributed by atoms with Crippen LogP contribution in [0.4, 0.5) is 0 Å². The van der Waals surface area contributed by atoms with Gasteiger partial charge >= 0.3 is 5.97 Å². The largest absolute Gasteiger partial charge is 0.468 e. The number of esters is 1. The van der Waals surface area contributed by atoms with Gasteiger partial charge in [-0.2, -0.15) is 4.31 Å². The van der Waals surface area contributed by atoms with Gasteiger partial charge in [-0.3, -0.25) is 4.79 Å². The molecule has 0 aliphatic rings. The fourth-order valence-corrected chi connectivity index (χ4v) is 4.80. The van der Waals surface area contributed by atoms with Gasteiger partial charge in [-0.1, -0.05) is 29.9 Å². The summed E-state index contributed by atoms with van der Waals surface area (Å²) < 4.78 is 30.7. The first-order valence-electron chi connectivity index (χ1n) is 5.52. The number of halogens is 1. The molecule has 0 saturated heterocycles. The first-order valence-corrected chi connectivity index (χ1v) is 8.16. The molecule has 0 atom stereocenters. The van der Waals surface area contributed by atoms with Crippen LogP contribution in [0.2, 0.25) is 4.47 Å². The average molecular weight is 327 g/mol. The first-order chi connectivity index (χ1) is 8.82. The van der Waals surface area contributed by atoms with E-state index in [4.69, 9.17) is 11.6 Å². The molecule has 1 rings (SSSR count). The van der Waals surface area contributed by atoms with Crippen LogP contribution in [0.5, 0.6) is 0 Å². The van der Waals surface area contributed by atoms with E-state index in [2.05, 4.69) is 9.72 Å². The van der Waals surface area contributed by atoms with Gasteiger partial charge in [-0.05, 0) is 13.3 Å². The SMILES string of the molecule is CCCN(CC(=O)OC)S(=O)(=O)c1sc(Cl)nc1C. The lowest BCUT2D eigenvalue weighted by molar-refractivity contribution is -0.140. The third-order valence-electron chi connectivity index (χ3n) is 2.31. The molecular weight excluding hydrogens is 312 g/mol. The zero-order valence-electron chi connectivity index (χ0n) is 10.8. The van der Waals surface area contributed by atoms with Crippen molar-refractivity contribution in [2.24, 2.45) is 0 Å². The summed E-state index contributed by atoms with van der Waals surface area (Å²) in [5.74, 6) is -0.606. The van der Waals surface area contributed by atoms with Crippen LogP contribution in [0, 0.1) is 6.92 Å². The standard InChI is InChI=1S/C10H15ClN2O4S2/c1-4-5-13(6-8(14)17-3)19(15,16)9-7(2)12-10(11)18-9/h4-6H2,1-3H3. The molecule has 0 bridgehead atoms. The van der Waals surface area contributed by atoms with Crippen LogP contribution in [0.15, 0.2) is 4.21 Å². The van der Waals surface area contributed by atoms with Crippen LogP contribution in [-0.4, -0.2) is 43.9 Å². The van der Waals surface area contributed by atoms with Crippen molar-refractivity contribution in [1.82, 2.24) is 9.29 Å². The Bertz CT molecular complexity index is 556. The summed E-state index contributed by atoms with van der Waals surface area (Å²) >= 11 is 6.60. The van der Waals surface area contributed by atoms with Gasteiger partial charge in [0.15, 0.2) is 8.68 Å². The number of thiazole rings is 1. The molecule has 108 valence electrons. The second-order valence-electron chi connectivity index (χ2n) is 3.75. The number of rotatable bonds is 6. The van der Waals surface area contributed by atoms with Crippen molar-refractivity contribution in [3.8, 4) is 0 Å². The molecule has 0 aliphatic heterocycles. The smallest absolute Gasteiger partial charge is 0.321 e. The van der Waals surface area contributed by atoms with Crippen molar-refractivity contribution in [1.29, 1.82) is 0 Å². The van der Waals surface area contributed by atoms with E-state index in [1.807, 2.05) is 6.92 Å². The lowest BCUT2D eigenvalue weighted by Crippen LogP contribution is -2.36. The molecule has 19 heavy (non-hydrogen) atoms. The molecule has 0 fully saturated rings. The zero-order valence-corrected chi connectivity index (χ0v) is 13.2. The number of methoxy groups -OCH3 is 1. The van der Waals surface area contributed by atoms with Gasteiger partial charge in [0.2, 0.25) is 0 Å². The topological polar surface area (TPSA) is 76.6 Å². The van der Waals surface area contributed by atoms with Crippen LogP contribution in [0.1, 0.15) is 19.0 Å². The number of nitrogens with zero attached hydrogens (tertiary/aromatic N) is 2. The normalized spacial score (nSPS) is 11.8. The highest BCUT2D eigenvalue weighted by molar-refractivity contribution is 7.91. The van der Waals surface area contributed by atoms with Gasteiger partial charge in [-0.15, -0.1) is 0 Å². The summed E-state index contributed by atoms with van der Waals surface area (Å²) in [6.07, 6.45) is 0.585. The summed E-state index contributed by atoms with van der Waals surface area (Å²) in [7, 11) is -2.56. The number of hydrogen-bond donors (Lipinski definition) is 0. The average Bonchev–Trinajstić information content (AvgIpc) is 2.68. The number of ether oxygens (including phenoxy) is 1. The molecule has 0 N–H and O–H groups in total. The van der Waals surface area contributed by atoms with E-state index in [9.17, 15) is 13.2 Å². The Morgan fingerprint density at radius 1 is 1.53 bits per heavy atom. The van der Waals surface area contributed by atoms with Gasteiger partial charge < -0.3 is 4.74 Å². The number of carbonyl (C=O) groups is 1. The predicted molar refractivity (Wildman–Crippen MR) is 72.9 cm³/mol. The van der Waals surface area contributed by atoms with Crippen molar-refractivity contribution >= 4 is 38.9 Å². The number of carbonyl (C=O) groups excluding carboxylic acids is 1. The Kier molecular flexibility index (Phi) is 5.72. The van der Waals surface area contributed by atoms with Crippen molar-refractivity contribution in [3.63, 3.8) is 0 Å². The van der Waals surface area contributed by atoms with Crippen molar-refractivity contribution in [3.05, 3.63) is 10.2 Å². The van der Waals surface area contributed by atoms with Gasteiger partial charge in [0.1, 0.15) is 6.54 Å². The Morgan fingerprint density at radius 3 is 2.58 bits per heavy atom. The van der Waals surface area contributed by atoms with Crippen LogP contribution in [-0.2, 0) is 19.6 Å². The van der Waals surface area contributed by atoms with Crippen LogP contribution >= 0.6 is 22.9 Å². The molecule has 1 aromatic rings. The quantitative estimate of drug-likeness (QED) is 0.743. The highest BCUT2D eigenvalue weighted by Gasteiger charge is 2.30. The van der Waals surface area contributed by atoms with Gasteiger partial charge in [0.25, 0.3) is 10.0 Å². The molecule has 0 spiro atoms. The summed E-state index contributed by atoms with van der Waals surface area (Å²) in [6.45, 7) is 3.30. The molecular formula is C10H15ClN2O4S2. The van der Waals surface area contributed by atoms with E-state index in [-0.39, 0.29) is 21.8 Å². The van der Waals surface area contributed by atoms with E-state index in [1.165, 1.54) is 7.11 Å². The van der Waals surface area contributed by atoms with Crippen molar-refractivity contribution in [2.45, 2.75) is 24.5 Å². The van der Waals surface area contributed by atoms with Crippen LogP contribution in [0.25, 0.3) is 0 Å². The maximum absolute atomic E-state index is 12.4. The number of aryl methyl sites for hydroxylation is 1.